The minimum Gasteiger partial charge on any atom is -0.481 e. The molecule has 0 aliphatic heterocycles. The van der Waals surface area contributed by atoms with E-state index < -0.39 is 47.3 Å². The third-order valence-electron chi connectivity index (χ3n) is 5.23. The van der Waals surface area contributed by atoms with E-state index in [-0.39, 0.29) is 18.7 Å². The topological polar surface area (TPSA) is 147 Å². The molecular formula is C22H30N2O6PS+. The highest BCUT2D eigenvalue weighted by Crippen LogP contribution is 2.44. The number of aryl methyl sites for hydroxylation is 1. The smallest absolute Gasteiger partial charge is 0.392 e. The lowest BCUT2D eigenvalue weighted by atomic mass is 9.99. The Morgan fingerprint density at radius 1 is 1.12 bits per heavy atom. The van der Waals surface area contributed by atoms with Gasteiger partial charge in [-0.1, -0.05) is 73.0 Å². The van der Waals surface area contributed by atoms with Crippen LogP contribution in [0.15, 0.2) is 54.6 Å². The molecule has 0 saturated heterocycles. The average Bonchev–Trinajstić information content (AvgIpc) is 2.76. The molecule has 32 heavy (non-hydrogen) atoms. The average molecular weight is 482 g/mol. The van der Waals surface area contributed by atoms with E-state index in [0.717, 1.165) is 5.56 Å². The highest BCUT2D eigenvalue weighted by atomic mass is 32.2. The number of carboxylic acids is 1. The molecule has 2 aromatic carbocycles. The molecule has 0 fully saturated rings. The van der Waals surface area contributed by atoms with Crippen molar-refractivity contribution in [3.8, 4) is 0 Å². The lowest BCUT2D eigenvalue weighted by Crippen LogP contribution is -2.51. The number of rotatable bonds is 12. The lowest BCUT2D eigenvalue weighted by Gasteiger charge is -2.24. The van der Waals surface area contributed by atoms with Crippen molar-refractivity contribution in [1.29, 1.82) is 0 Å². The summed E-state index contributed by atoms with van der Waals surface area (Å²) in [4.78, 5) is 11.9. The monoisotopic (exact) mass is 481 g/mol. The van der Waals surface area contributed by atoms with Crippen LogP contribution in [-0.2, 0) is 32.3 Å². The molecule has 2 rings (SSSR count). The van der Waals surface area contributed by atoms with E-state index in [1.165, 1.54) is 13.8 Å². The van der Waals surface area contributed by atoms with Crippen molar-refractivity contribution in [1.82, 2.24) is 4.72 Å². The van der Waals surface area contributed by atoms with E-state index in [9.17, 15) is 28.0 Å². The van der Waals surface area contributed by atoms with Crippen LogP contribution in [0.2, 0.25) is 0 Å². The first kappa shape index (κ1) is 26.1. The van der Waals surface area contributed by atoms with Gasteiger partial charge in [0.25, 0.3) is 0 Å². The molecule has 174 valence electrons. The van der Waals surface area contributed by atoms with E-state index in [2.05, 4.69) is 4.72 Å². The predicted molar refractivity (Wildman–Crippen MR) is 124 cm³/mol. The quantitative estimate of drug-likeness (QED) is 0.269. The van der Waals surface area contributed by atoms with Crippen molar-refractivity contribution in [2.45, 2.75) is 38.2 Å². The van der Waals surface area contributed by atoms with Gasteiger partial charge in [-0.25, -0.2) is 8.42 Å². The molecule has 0 spiro atoms. The summed E-state index contributed by atoms with van der Waals surface area (Å²) in [6, 6.07) is 15.6. The Kier molecular flexibility index (Phi) is 9.07. The molecule has 0 radical (unpaired) electrons. The second kappa shape index (κ2) is 11.1. The number of sulfonamides is 1. The molecule has 0 aliphatic rings. The zero-order chi connectivity index (χ0) is 23.9. The summed E-state index contributed by atoms with van der Waals surface area (Å²) >= 11 is 0. The highest BCUT2D eigenvalue weighted by Gasteiger charge is 2.54. The maximum absolute atomic E-state index is 13.2. The first-order chi connectivity index (χ1) is 15.0. The third kappa shape index (κ3) is 6.92. The Balaban J connectivity index is 2.22. The van der Waals surface area contributed by atoms with E-state index in [1.807, 2.05) is 6.07 Å². The Morgan fingerprint density at radius 2 is 1.75 bits per heavy atom. The van der Waals surface area contributed by atoms with Gasteiger partial charge in [-0.15, -0.1) is 4.72 Å². The number of hydrogen-bond acceptors (Lipinski definition) is 6. The minimum atomic E-state index is -4.01. The second-order valence-electron chi connectivity index (χ2n) is 7.94. The number of carboxylic acid groups (broad SMARTS) is 1. The summed E-state index contributed by atoms with van der Waals surface area (Å²) in [5.74, 6) is -3.48. The van der Waals surface area contributed by atoms with E-state index >= 15 is 0 Å². The van der Waals surface area contributed by atoms with Gasteiger partial charge in [0, 0.05) is 12.5 Å². The van der Waals surface area contributed by atoms with Gasteiger partial charge in [-0.3, -0.25) is 4.79 Å². The molecule has 0 aliphatic carbocycles. The molecule has 0 amide bonds. The van der Waals surface area contributed by atoms with Gasteiger partial charge in [0.05, 0.1) is 5.75 Å². The molecular weight excluding hydrogens is 451 g/mol. The van der Waals surface area contributed by atoms with Crippen LogP contribution in [0.25, 0.3) is 0 Å². The normalized spacial score (nSPS) is 15.2. The summed E-state index contributed by atoms with van der Waals surface area (Å²) in [6.07, 6.45) is -0.223. The van der Waals surface area contributed by atoms with Crippen LogP contribution in [0, 0.1) is 5.92 Å². The summed E-state index contributed by atoms with van der Waals surface area (Å²) in [5, 5.41) is 20.8. The van der Waals surface area contributed by atoms with Crippen molar-refractivity contribution >= 4 is 23.8 Å². The van der Waals surface area contributed by atoms with Crippen molar-refractivity contribution in [3.05, 3.63) is 71.3 Å². The number of aliphatic hydroxyl groups is 1. The van der Waals surface area contributed by atoms with Crippen LogP contribution in [-0.4, -0.2) is 42.0 Å². The minimum absolute atomic E-state index is 0.212. The standard InChI is InChI=1S/C22H29N2O6PS/c1-16(2)22(27,24-32(29,30)12-11-17-7-4-3-5-8-17)31(28)15-20(21(25)26)19-10-6-9-18(13-19)14-23/h3-10,13,16,20,24,27H,11-12,14-15,23H2,1-2H3/p+1/t20?,22-/m1/s1. The molecule has 0 saturated carbocycles. The number of nitrogens with two attached hydrogens (primary N) is 1. The molecule has 5 N–H and O–H groups in total. The Labute approximate surface area is 189 Å². The van der Waals surface area contributed by atoms with Gasteiger partial charge < -0.3 is 15.9 Å². The fraction of sp³-hybridized carbons (Fsp3) is 0.409. The molecule has 3 atom stereocenters. The van der Waals surface area contributed by atoms with Crippen molar-refractivity contribution in [2.75, 3.05) is 11.9 Å². The first-order valence-electron chi connectivity index (χ1n) is 10.2. The van der Waals surface area contributed by atoms with Crippen LogP contribution >= 0.6 is 7.80 Å². The fourth-order valence-electron chi connectivity index (χ4n) is 3.20. The number of aliphatic carboxylic acids is 1. The Hall–Kier alpha value is -2.16. The summed E-state index contributed by atoms with van der Waals surface area (Å²) < 4.78 is 40.7. The Bertz CT molecular complexity index is 1050. The summed E-state index contributed by atoms with van der Waals surface area (Å²) in [6.45, 7) is 3.26. The molecule has 0 aromatic heterocycles. The van der Waals surface area contributed by atoms with Crippen LogP contribution in [0.1, 0.15) is 36.5 Å². The SMILES string of the molecule is CC(C)[C@](O)(NS(=O)(=O)CCc1ccccc1)[P+](=O)CC(C(=O)O)c1cccc(CN)c1. The van der Waals surface area contributed by atoms with Crippen molar-refractivity contribution < 1.29 is 28.0 Å². The molecule has 2 aromatic rings. The van der Waals surface area contributed by atoms with E-state index in [4.69, 9.17) is 5.73 Å². The maximum atomic E-state index is 13.2. The zero-order valence-electron chi connectivity index (χ0n) is 18.1. The van der Waals surface area contributed by atoms with Crippen molar-refractivity contribution in [3.63, 3.8) is 0 Å². The molecule has 0 heterocycles. The lowest BCUT2D eigenvalue weighted by molar-refractivity contribution is -0.138. The first-order valence-corrected chi connectivity index (χ1v) is 13.3. The summed E-state index contributed by atoms with van der Waals surface area (Å²) in [5.41, 5.74) is 5.25. The fourth-order valence-corrected chi connectivity index (χ4v) is 6.88. The van der Waals surface area contributed by atoms with Crippen molar-refractivity contribution in [2.24, 2.45) is 11.7 Å². The maximum Gasteiger partial charge on any atom is 0.392 e. The number of benzene rings is 2. The van der Waals surface area contributed by atoms with Gasteiger partial charge in [-0.05, 0) is 23.1 Å². The van der Waals surface area contributed by atoms with Crippen LogP contribution in [0.3, 0.4) is 0 Å². The van der Waals surface area contributed by atoms with Gasteiger partial charge in [0.1, 0.15) is 5.92 Å². The molecule has 10 heteroatoms. The highest BCUT2D eigenvalue weighted by molar-refractivity contribution is 7.89. The number of carbonyl (C=O) groups is 1. The van der Waals surface area contributed by atoms with Gasteiger partial charge in [0.2, 0.25) is 10.0 Å². The van der Waals surface area contributed by atoms with Gasteiger partial charge in [0.15, 0.2) is 6.16 Å². The van der Waals surface area contributed by atoms with Crippen LogP contribution in [0.4, 0.5) is 0 Å². The largest absolute Gasteiger partial charge is 0.481 e. The number of nitrogens with one attached hydrogen (secondary N) is 1. The number of hydrogen-bond donors (Lipinski definition) is 4. The zero-order valence-corrected chi connectivity index (χ0v) is 19.9. The van der Waals surface area contributed by atoms with E-state index in [1.54, 1.807) is 48.5 Å². The Morgan fingerprint density at radius 3 is 2.31 bits per heavy atom. The molecule has 8 nitrogen and oxygen atoms in total. The third-order valence-corrected chi connectivity index (χ3v) is 8.83. The van der Waals surface area contributed by atoms with Crippen LogP contribution < -0.4 is 10.5 Å². The molecule has 2 unspecified atom stereocenters. The predicted octanol–water partition coefficient (Wildman–Crippen LogP) is 2.61. The second-order valence-corrected chi connectivity index (χ2v) is 11.6. The van der Waals surface area contributed by atoms with Gasteiger partial charge in [-0.2, -0.15) is 0 Å². The van der Waals surface area contributed by atoms with Crippen LogP contribution in [0.5, 0.6) is 0 Å². The van der Waals surface area contributed by atoms with Gasteiger partial charge >= 0.3 is 19.2 Å². The summed E-state index contributed by atoms with van der Waals surface area (Å²) in [7, 11) is -6.71. The molecule has 0 bridgehead atoms. The van der Waals surface area contributed by atoms with E-state index in [0.29, 0.717) is 11.1 Å².